The van der Waals surface area contributed by atoms with E-state index in [0.717, 1.165) is 71.1 Å². The van der Waals surface area contributed by atoms with Crippen LogP contribution in [0.5, 0.6) is 0 Å². The van der Waals surface area contributed by atoms with Gasteiger partial charge in [0.05, 0.1) is 36.5 Å². The molecular formula is C42H40N2O8. The van der Waals surface area contributed by atoms with E-state index >= 15 is 0 Å². The summed E-state index contributed by atoms with van der Waals surface area (Å²) < 4.78 is 10.4. The summed E-state index contributed by atoms with van der Waals surface area (Å²) in [5.41, 5.74) is 8.82. The van der Waals surface area contributed by atoms with Crippen molar-refractivity contribution in [1.29, 1.82) is 0 Å². The van der Waals surface area contributed by atoms with Gasteiger partial charge in [-0.1, -0.05) is 36.4 Å². The van der Waals surface area contributed by atoms with Crippen LogP contribution in [0.2, 0.25) is 0 Å². The van der Waals surface area contributed by atoms with Gasteiger partial charge in [-0.2, -0.15) is 0 Å². The Bertz CT molecular complexity index is 2050. The summed E-state index contributed by atoms with van der Waals surface area (Å²) in [5.74, 6) is -2.47. The third-order valence-electron chi connectivity index (χ3n) is 8.64. The summed E-state index contributed by atoms with van der Waals surface area (Å²) in [5, 5.41) is 20.8. The molecule has 1 amide bonds. The monoisotopic (exact) mass is 700 g/mol. The number of esters is 1. The Hall–Kier alpha value is -6.26. The van der Waals surface area contributed by atoms with E-state index in [2.05, 4.69) is 10.2 Å². The highest BCUT2D eigenvalue weighted by Crippen LogP contribution is 2.27. The average molecular weight is 701 g/mol. The van der Waals surface area contributed by atoms with Gasteiger partial charge in [-0.15, -0.1) is 0 Å². The summed E-state index contributed by atoms with van der Waals surface area (Å²) in [6.45, 7) is 9.22. The second kappa shape index (κ2) is 17.1. The zero-order valence-electron chi connectivity index (χ0n) is 29.2. The number of morpholine rings is 1. The summed E-state index contributed by atoms with van der Waals surface area (Å²) in [6.07, 6.45) is 0. The summed E-state index contributed by atoms with van der Waals surface area (Å²) in [6, 6.07) is 32.0. The summed E-state index contributed by atoms with van der Waals surface area (Å²) in [4.78, 5) is 48.8. The highest BCUT2D eigenvalue weighted by atomic mass is 16.5. The Morgan fingerprint density at radius 2 is 1.13 bits per heavy atom. The number of hydrogen-bond donors (Lipinski definition) is 3. The second-order valence-corrected chi connectivity index (χ2v) is 12.1. The van der Waals surface area contributed by atoms with Crippen molar-refractivity contribution >= 4 is 35.2 Å². The molecule has 5 aromatic carbocycles. The van der Waals surface area contributed by atoms with Gasteiger partial charge in [0.1, 0.15) is 0 Å². The zero-order valence-corrected chi connectivity index (χ0v) is 29.2. The number of ether oxygens (including phenoxy) is 2. The minimum absolute atomic E-state index is 0.168. The molecule has 52 heavy (non-hydrogen) atoms. The molecule has 0 aromatic heterocycles. The van der Waals surface area contributed by atoms with E-state index < -0.39 is 11.9 Å². The molecule has 1 fully saturated rings. The number of aromatic carboxylic acids is 2. The number of carbonyl (C=O) groups excluding carboxylic acids is 2. The first kappa shape index (κ1) is 37.0. The second-order valence-electron chi connectivity index (χ2n) is 12.1. The number of carbonyl (C=O) groups is 4. The number of benzene rings is 5. The number of aryl methyl sites for hydroxylation is 2. The highest BCUT2D eigenvalue weighted by Gasteiger charge is 2.14. The molecule has 1 heterocycles. The first-order chi connectivity index (χ1) is 25.0. The Morgan fingerprint density at radius 1 is 0.654 bits per heavy atom. The molecule has 10 heteroatoms. The molecule has 1 saturated heterocycles. The largest absolute Gasteiger partial charge is 0.478 e. The molecule has 0 radical (unpaired) electrons. The number of carboxylic acid groups (broad SMARTS) is 2. The molecule has 0 saturated carbocycles. The Balaban J connectivity index is 0.000000233. The molecule has 0 unspecified atom stereocenters. The third-order valence-corrected chi connectivity index (χ3v) is 8.64. The number of anilines is 2. The third kappa shape index (κ3) is 9.29. The fourth-order valence-electron chi connectivity index (χ4n) is 5.71. The molecule has 6 rings (SSSR count). The standard InChI is InChI=1S/C27H28N2O4.C15H12O4/c1-3-33-27(31)21-8-6-20(7-9-21)25-18-22(5-4-19(25)2)26(30)28-23-10-12-24(13-11-23)29-14-16-32-17-15-29;1-9-2-3-12(15(18)19)8-13(9)10-4-6-11(7-5-10)14(16)17/h4-13,18H,3,14-17H2,1-2H3,(H,28,30);2-8H,1H3,(H,16,17)(H,18,19). The first-order valence-electron chi connectivity index (χ1n) is 16.8. The normalized spacial score (nSPS) is 12.2. The maximum atomic E-state index is 12.9. The van der Waals surface area contributed by atoms with Crippen molar-refractivity contribution in [3.8, 4) is 22.3 Å². The fraction of sp³-hybridized carbons (Fsp3) is 0.190. The molecule has 0 aliphatic carbocycles. The molecule has 0 atom stereocenters. The predicted molar refractivity (Wildman–Crippen MR) is 201 cm³/mol. The molecule has 266 valence electrons. The lowest BCUT2D eigenvalue weighted by atomic mass is 9.97. The number of nitrogens with zero attached hydrogens (tertiary/aromatic N) is 1. The van der Waals surface area contributed by atoms with Crippen molar-refractivity contribution in [2.24, 2.45) is 0 Å². The van der Waals surface area contributed by atoms with Crippen molar-refractivity contribution in [1.82, 2.24) is 0 Å². The van der Waals surface area contributed by atoms with Crippen LogP contribution in [0.1, 0.15) is 59.5 Å². The van der Waals surface area contributed by atoms with E-state index in [9.17, 15) is 19.2 Å². The minimum atomic E-state index is -0.984. The molecule has 0 spiro atoms. The molecule has 0 bridgehead atoms. The summed E-state index contributed by atoms with van der Waals surface area (Å²) in [7, 11) is 0. The Kier molecular flexibility index (Phi) is 12.2. The van der Waals surface area contributed by atoms with E-state index in [1.807, 2.05) is 68.4 Å². The van der Waals surface area contributed by atoms with Crippen LogP contribution in [0.4, 0.5) is 11.4 Å². The topological polar surface area (TPSA) is 142 Å². The zero-order chi connectivity index (χ0) is 37.2. The number of nitrogens with one attached hydrogen (secondary N) is 1. The Morgan fingerprint density at radius 3 is 1.65 bits per heavy atom. The van der Waals surface area contributed by atoms with Gasteiger partial charge in [0, 0.05) is 30.0 Å². The molecule has 1 aliphatic heterocycles. The van der Waals surface area contributed by atoms with Gasteiger partial charge in [-0.3, -0.25) is 4.79 Å². The van der Waals surface area contributed by atoms with Crippen LogP contribution in [0.25, 0.3) is 22.3 Å². The van der Waals surface area contributed by atoms with Crippen LogP contribution < -0.4 is 10.2 Å². The van der Waals surface area contributed by atoms with Crippen LogP contribution in [-0.4, -0.2) is 66.9 Å². The van der Waals surface area contributed by atoms with Crippen molar-refractivity contribution in [3.05, 3.63) is 143 Å². The van der Waals surface area contributed by atoms with Gasteiger partial charge >= 0.3 is 17.9 Å². The van der Waals surface area contributed by atoms with Crippen molar-refractivity contribution in [2.45, 2.75) is 20.8 Å². The van der Waals surface area contributed by atoms with Crippen LogP contribution >= 0.6 is 0 Å². The van der Waals surface area contributed by atoms with E-state index in [0.29, 0.717) is 17.7 Å². The van der Waals surface area contributed by atoms with Gasteiger partial charge in [0.2, 0.25) is 0 Å². The molecular weight excluding hydrogens is 660 g/mol. The number of rotatable bonds is 9. The SMILES string of the molecule is CCOC(=O)c1ccc(-c2cc(C(=O)Nc3ccc(N4CCOCC4)cc3)ccc2C)cc1.Cc1ccc(C(=O)O)cc1-c1ccc(C(=O)O)cc1. The Labute approximate surface area is 302 Å². The smallest absolute Gasteiger partial charge is 0.338 e. The number of hydrogen-bond acceptors (Lipinski definition) is 7. The number of amides is 1. The molecule has 10 nitrogen and oxygen atoms in total. The van der Waals surface area contributed by atoms with Gasteiger partial charge < -0.3 is 29.9 Å². The van der Waals surface area contributed by atoms with Crippen LogP contribution in [0, 0.1) is 13.8 Å². The van der Waals surface area contributed by atoms with E-state index in [-0.39, 0.29) is 23.0 Å². The molecule has 3 N–H and O–H groups in total. The maximum absolute atomic E-state index is 12.9. The van der Waals surface area contributed by atoms with E-state index in [1.165, 1.54) is 12.1 Å². The van der Waals surface area contributed by atoms with Gasteiger partial charge in [-0.25, -0.2) is 14.4 Å². The quantitative estimate of drug-likeness (QED) is 0.130. The van der Waals surface area contributed by atoms with Crippen molar-refractivity contribution in [2.75, 3.05) is 43.1 Å². The minimum Gasteiger partial charge on any atom is -0.478 e. The molecule has 5 aromatic rings. The van der Waals surface area contributed by atoms with Gasteiger partial charge in [0.25, 0.3) is 5.91 Å². The fourth-order valence-corrected chi connectivity index (χ4v) is 5.71. The summed E-state index contributed by atoms with van der Waals surface area (Å²) >= 11 is 0. The van der Waals surface area contributed by atoms with Gasteiger partial charge in [-0.05, 0) is 127 Å². The van der Waals surface area contributed by atoms with Crippen LogP contribution in [0.3, 0.4) is 0 Å². The lowest BCUT2D eigenvalue weighted by Gasteiger charge is -2.28. The first-order valence-corrected chi connectivity index (χ1v) is 16.8. The average Bonchev–Trinajstić information content (AvgIpc) is 3.16. The van der Waals surface area contributed by atoms with E-state index in [1.54, 1.807) is 49.4 Å². The van der Waals surface area contributed by atoms with Crippen LogP contribution in [-0.2, 0) is 9.47 Å². The maximum Gasteiger partial charge on any atom is 0.338 e. The lowest BCUT2D eigenvalue weighted by Crippen LogP contribution is -2.36. The molecule has 1 aliphatic rings. The van der Waals surface area contributed by atoms with Crippen LogP contribution in [0.15, 0.2) is 109 Å². The lowest BCUT2D eigenvalue weighted by molar-refractivity contribution is 0.0525. The van der Waals surface area contributed by atoms with Crippen molar-refractivity contribution < 1.29 is 38.9 Å². The number of carboxylic acids is 2. The highest BCUT2D eigenvalue weighted by molar-refractivity contribution is 6.05. The predicted octanol–water partition coefficient (Wildman–Crippen LogP) is 7.99. The van der Waals surface area contributed by atoms with E-state index in [4.69, 9.17) is 19.7 Å². The van der Waals surface area contributed by atoms with Gasteiger partial charge in [0.15, 0.2) is 0 Å². The van der Waals surface area contributed by atoms with Crippen molar-refractivity contribution in [3.63, 3.8) is 0 Å².